The standard InChI is InChI=1S/C25H30N2O3/c1-30-21-12-5-7-18(13-21)14-27-22(15-28)23(19-8-3-2-4-9-19)25(27)16-26(17-25)24(29)20-10-6-11-20/h2-5,7-9,12-13,20,22-23,28H,6,10-11,14-17H2,1H3/t22-,23+/m1/s1. The molecule has 2 aliphatic heterocycles. The number of aliphatic hydroxyl groups is 1. The maximum atomic E-state index is 12.8. The normalized spacial score (nSPS) is 25.3. The van der Waals surface area contributed by atoms with Crippen molar-refractivity contribution in [2.24, 2.45) is 5.92 Å². The molecule has 1 N–H and O–H groups in total. The van der Waals surface area contributed by atoms with E-state index in [2.05, 4.69) is 41.3 Å². The Morgan fingerprint density at radius 1 is 1.13 bits per heavy atom. The molecule has 0 aromatic heterocycles. The molecule has 5 rings (SSSR count). The highest BCUT2D eigenvalue weighted by atomic mass is 16.5. The SMILES string of the molecule is COc1cccc(CN2[C@H](CO)[C@H](c3ccccc3)C23CN(C(=O)C2CCC2)C3)c1. The Labute approximate surface area is 178 Å². The van der Waals surface area contributed by atoms with Crippen molar-refractivity contribution in [3.63, 3.8) is 0 Å². The zero-order valence-electron chi connectivity index (χ0n) is 17.5. The van der Waals surface area contributed by atoms with E-state index < -0.39 is 0 Å². The minimum Gasteiger partial charge on any atom is -0.497 e. The number of rotatable bonds is 6. The van der Waals surface area contributed by atoms with Crippen LogP contribution in [-0.4, -0.2) is 59.2 Å². The van der Waals surface area contributed by atoms with Gasteiger partial charge >= 0.3 is 0 Å². The Bertz CT molecular complexity index is 906. The fourth-order valence-corrected chi connectivity index (χ4v) is 5.67. The number of aliphatic hydroxyl groups excluding tert-OH is 1. The number of likely N-dealkylation sites (tertiary alicyclic amines) is 2. The molecular formula is C25H30N2O3. The summed E-state index contributed by atoms with van der Waals surface area (Å²) >= 11 is 0. The molecule has 2 saturated heterocycles. The van der Waals surface area contributed by atoms with Gasteiger partial charge in [-0.3, -0.25) is 9.69 Å². The molecule has 2 heterocycles. The van der Waals surface area contributed by atoms with Crippen LogP contribution in [-0.2, 0) is 11.3 Å². The van der Waals surface area contributed by atoms with Crippen LogP contribution >= 0.6 is 0 Å². The van der Waals surface area contributed by atoms with Crippen molar-refractivity contribution in [3.05, 3.63) is 65.7 Å². The second-order valence-electron chi connectivity index (χ2n) is 9.04. The molecule has 2 atom stereocenters. The molecule has 5 nitrogen and oxygen atoms in total. The van der Waals surface area contributed by atoms with E-state index in [0.29, 0.717) is 5.91 Å². The molecule has 30 heavy (non-hydrogen) atoms. The number of hydrogen-bond acceptors (Lipinski definition) is 4. The molecule has 3 fully saturated rings. The molecule has 2 aromatic carbocycles. The largest absolute Gasteiger partial charge is 0.497 e. The first kappa shape index (κ1) is 19.6. The molecular weight excluding hydrogens is 376 g/mol. The first-order valence-corrected chi connectivity index (χ1v) is 11.0. The third kappa shape index (κ3) is 3.03. The molecule has 0 bridgehead atoms. The average molecular weight is 407 g/mol. The van der Waals surface area contributed by atoms with Crippen LogP contribution in [0.25, 0.3) is 0 Å². The number of hydrogen-bond donors (Lipinski definition) is 1. The van der Waals surface area contributed by atoms with Gasteiger partial charge in [0.25, 0.3) is 0 Å². The van der Waals surface area contributed by atoms with Gasteiger partial charge in [0.1, 0.15) is 5.75 Å². The fraction of sp³-hybridized carbons (Fsp3) is 0.480. The van der Waals surface area contributed by atoms with Gasteiger partial charge in [-0.15, -0.1) is 0 Å². The van der Waals surface area contributed by atoms with Gasteiger partial charge in [0.05, 0.1) is 19.3 Å². The fourth-order valence-electron chi connectivity index (χ4n) is 5.67. The lowest BCUT2D eigenvalue weighted by Gasteiger charge is -2.71. The van der Waals surface area contributed by atoms with Crippen molar-refractivity contribution in [2.45, 2.75) is 43.3 Å². The molecule has 3 aliphatic rings. The number of carbonyl (C=O) groups excluding carboxylic acids is 1. The second-order valence-corrected chi connectivity index (χ2v) is 9.04. The maximum Gasteiger partial charge on any atom is 0.225 e. The summed E-state index contributed by atoms with van der Waals surface area (Å²) in [5.74, 6) is 1.64. The summed E-state index contributed by atoms with van der Waals surface area (Å²) in [7, 11) is 1.68. The maximum absolute atomic E-state index is 12.8. The van der Waals surface area contributed by atoms with Crippen molar-refractivity contribution in [1.29, 1.82) is 0 Å². The Morgan fingerprint density at radius 2 is 1.90 bits per heavy atom. The predicted molar refractivity (Wildman–Crippen MR) is 115 cm³/mol. The Kier molecular flexibility index (Phi) is 5.03. The van der Waals surface area contributed by atoms with Crippen LogP contribution in [0.15, 0.2) is 54.6 Å². The lowest BCUT2D eigenvalue weighted by Crippen LogP contribution is -2.84. The molecule has 1 saturated carbocycles. The lowest BCUT2D eigenvalue weighted by atomic mass is 9.60. The van der Waals surface area contributed by atoms with E-state index in [-0.39, 0.29) is 30.0 Å². The van der Waals surface area contributed by atoms with Gasteiger partial charge in [0.2, 0.25) is 5.91 Å². The molecule has 2 aromatic rings. The summed E-state index contributed by atoms with van der Waals surface area (Å²) in [5, 5.41) is 10.3. The van der Waals surface area contributed by atoms with E-state index >= 15 is 0 Å². The molecule has 0 unspecified atom stereocenters. The quantitative estimate of drug-likeness (QED) is 0.801. The number of methoxy groups -OCH3 is 1. The summed E-state index contributed by atoms with van der Waals surface area (Å²) < 4.78 is 5.40. The summed E-state index contributed by atoms with van der Waals surface area (Å²) in [6, 6.07) is 18.7. The minimum absolute atomic E-state index is 0.0551. The number of amides is 1. The van der Waals surface area contributed by atoms with Crippen LogP contribution in [0.4, 0.5) is 0 Å². The van der Waals surface area contributed by atoms with Gasteiger partial charge in [-0.2, -0.15) is 0 Å². The molecule has 1 aliphatic carbocycles. The van der Waals surface area contributed by atoms with Crippen molar-refractivity contribution < 1.29 is 14.6 Å². The van der Waals surface area contributed by atoms with Crippen molar-refractivity contribution in [2.75, 3.05) is 26.8 Å². The Morgan fingerprint density at radius 3 is 2.53 bits per heavy atom. The Balaban J connectivity index is 1.42. The Hall–Kier alpha value is -2.37. The molecule has 1 spiro atoms. The van der Waals surface area contributed by atoms with Gasteiger partial charge < -0.3 is 14.7 Å². The number of ether oxygens (including phenoxy) is 1. The van der Waals surface area contributed by atoms with Crippen LogP contribution in [0.2, 0.25) is 0 Å². The first-order valence-electron chi connectivity index (χ1n) is 11.0. The van der Waals surface area contributed by atoms with Crippen molar-refractivity contribution in [3.8, 4) is 5.75 Å². The van der Waals surface area contributed by atoms with Crippen molar-refractivity contribution in [1.82, 2.24) is 9.80 Å². The number of benzene rings is 2. The highest BCUT2D eigenvalue weighted by Crippen LogP contribution is 2.55. The number of carbonyl (C=O) groups is 1. The van der Waals surface area contributed by atoms with Crippen molar-refractivity contribution >= 4 is 5.91 Å². The van der Waals surface area contributed by atoms with Crippen LogP contribution in [0.3, 0.4) is 0 Å². The van der Waals surface area contributed by atoms with Crippen LogP contribution in [0, 0.1) is 5.92 Å². The average Bonchev–Trinajstić information content (AvgIpc) is 2.69. The van der Waals surface area contributed by atoms with Gasteiger partial charge in [-0.05, 0) is 36.1 Å². The van der Waals surface area contributed by atoms with Gasteiger partial charge in [-0.25, -0.2) is 0 Å². The smallest absolute Gasteiger partial charge is 0.225 e. The van der Waals surface area contributed by atoms with E-state index in [4.69, 9.17) is 4.74 Å². The third-order valence-corrected chi connectivity index (χ3v) is 7.46. The molecule has 0 radical (unpaired) electrons. The van der Waals surface area contributed by atoms with E-state index in [1.165, 1.54) is 17.5 Å². The summed E-state index contributed by atoms with van der Waals surface area (Å²) in [6.45, 7) is 2.36. The van der Waals surface area contributed by atoms with E-state index in [1.54, 1.807) is 7.11 Å². The van der Waals surface area contributed by atoms with E-state index in [9.17, 15) is 9.90 Å². The third-order valence-electron chi connectivity index (χ3n) is 7.46. The topological polar surface area (TPSA) is 53.0 Å². The monoisotopic (exact) mass is 406 g/mol. The summed E-state index contributed by atoms with van der Waals surface area (Å²) in [5.41, 5.74) is 2.33. The minimum atomic E-state index is -0.1000. The highest BCUT2D eigenvalue weighted by molar-refractivity contribution is 5.81. The van der Waals surface area contributed by atoms with Gasteiger partial charge in [0, 0.05) is 37.5 Å². The number of nitrogens with zero attached hydrogens (tertiary/aromatic N) is 2. The highest BCUT2D eigenvalue weighted by Gasteiger charge is 2.66. The summed E-state index contributed by atoms with van der Waals surface area (Å²) in [4.78, 5) is 17.3. The lowest BCUT2D eigenvalue weighted by molar-refractivity contribution is -0.203. The second kappa shape index (κ2) is 7.71. The first-order chi connectivity index (χ1) is 14.7. The predicted octanol–water partition coefficient (Wildman–Crippen LogP) is 3.04. The van der Waals surface area contributed by atoms with Crippen LogP contribution in [0.1, 0.15) is 36.3 Å². The molecule has 1 amide bonds. The molecule has 158 valence electrons. The van der Waals surface area contributed by atoms with E-state index in [0.717, 1.165) is 38.2 Å². The van der Waals surface area contributed by atoms with Crippen LogP contribution < -0.4 is 4.74 Å². The zero-order chi connectivity index (χ0) is 20.7. The van der Waals surface area contributed by atoms with E-state index in [1.807, 2.05) is 23.1 Å². The van der Waals surface area contributed by atoms with Crippen LogP contribution in [0.5, 0.6) is 5.75 Å². The van der Waals surface area contributed by atoms with Gasteiger partial charge in [0.15, 0.2) is 0 Å². The van der Waals surface area contributed by atoms with Gasteiger partial charge in [-0.1, -0.05) is 48.9 Å². The zero-order valence-corrected chi connectivity index (χ0v) is 17.5. The molecule has 5 heteroatoms. The summed E-state index contributed by atoms with van der Waals surface area (Å²) in [6.07, 6.45) is 3.26.